The lowest BCUT2D eigenvalue weighted by Crippen LogP contribution is -2.32. The maximum absolute atomic E-state index is 12.4. The van der Waals surface area contributed by atoms with E-state index in [0.29, 0.717) is 11.8 Å². The molecule has 126 valence electrons. The molecule has 3 heteroatoms. The molecule has 0 N–H and O–H groups in total. The average molecular weight is 323 g/mol. The van der Waals surface area contributed by atoms with Crippen molar-refractivity contribution in [3.05, 3.63) is 65.7 Å². The molecule has 24 heavy (non-hydrogen) atoms. The van der Waals surface area contributed by atoms with Crippen molar-refractivity contribution in [2.45, 2.75) is 32.1 Å². The number of ether oxygens (including phenoxy) is 1. The van der Waals surface area contributed by atoms with Gasteiger partial charge in [0.25, 0.3) is 5.91 Å². The normalized spacial score (nSPS) is 17.3. The van der Waals surface area contributed by atoms with E-state index in [1.807, 2.05) is 23.1 Å². The van der Waals surface area contributed by atoms with Crippen LogP contribution in [-0.4, -0.2) is 30.5 Å². The molecule has 0 bridgehead atoms. The number of rotatable bonds is 5. The maximum atomic E-state index is 12.4. The topological polar surface area (TPSA) is 29.5 Å². The number of hydrogen-bond donors (Lipinski definition) is 0. The van der Waals surface area contributed by atoms with Crippen LogP contribution in [0.2, 0.25) is 0 Å². The van der Waals surface area contributed by atoms with E-state index in [4.69, 9.17) is 4.74 Å². The minimum Gasteiger partial charge on any atom is -0.484 e. The molecule has 3 nitrogen and oxygen atoms in total. The van der Waals surface area contributed by atoms with Gasteiger partial charge >= 0.3 is 0 Å². The van der Waals surface area contributed by atoms with E-state index in [0.717, 1.165) is 25.3 Å². The van der Waals surface area contributed by atoms with Crippen molar-refractivity contribution in [3.63, 3.8) is 0 Å². The number of hydrogen-bond acceptors (Lipinski definition) is 2. The zero-order valence-corrected chi connectivity index (χ0v) is 14.4. The van der Waals surface area contributed by atoms with Crippen molar-refractivity contribution in [2.24, 2.45) is 0 Å². The Kier molecular flexibility index (Phi) is 5.19. The fraction of sp³-hybridized carbons (Fsp3) is 0.381. The zero-order chi connectivity index (χ0) is 16.9. The van der Waals surface area contributed by atoms with Crippen molar-refractivity contribution in [1.29, 1.82) is 0 Å². The molecule has 0 aromatic heterocycles. The van der Waals surface area contributed by atoms with Gasteiger partial charge in [-0.3, -0.25) is 4.79 Å². The number of benzene rings is 2. The third-order valence-corrected chi connectivity index (χ3v) is 4.72. The molecule has 2 aromatic rings. The van der Waals surface area contributed by atoms with E-state index >= 15 is 0 Å². The van der Waals surface area contributed by atoms with Crippen LogP contribution in [0, 0.1) is 0 Å². The van der Waals surface area contributed by atoms with Gasteiger partial charge in [-0.15, -0.1) is 0 Å². The number of carbonyl (C=O) groups is 1. The standard InChI is InChI=1S/C21H25NO2/c1-16(2)17-8-10-20(11-9-17)24-15-21(23)22-13-12-19(14-22)18-6-4-3-5-7-18/h3-11,16,19H,12-15H2,1-2H3. The molecular formula is C21H25NO2. The second-order valence-corrected chi connectivity index (χ2v) is 6.75. The first-order valence-corrected chi connectivity index (χ1v) is 8.69. The zero-order valence-electron chi connectivity index (χ0n) is 14.4. The van der Waals surface area contributed by atoms with Gasteiger partial charge in [-0.1, -0.05) is 56.3 Å². The molecular weight excluding hydrogens is 298 g/mol. The Labute approximate surface area is 144 Å². The lowest BCUT2D eigenvalue weighted by Gasteiger charge is -2.17. The minimum absolute atomic E-state index is 0.0707. The lowest BCUT2D eigenvalue weighted by atomic mass is 9.99. The second-order valence-electron chi connectivity index (χ2n) is 6.75. The highest BCUT2D eigenvalue weighted by atomic mass is 16.5. The summed E-state index contributed by atoms with van der Waals surface area (Å²) in [7, 11) is 0. The summed E-state index contributed by atoms with van der Waals surface area (Å²) in [6.45, 7) is 6.04. The largest absolute Gasteiger partial charge is 0.484 e. The van der Waals surface area contributed by atoms with Crippen LogP contribution in [-0.2, 0) is 4.79 Å². The summed E-state index contributed by atoms with van der Waals surface area (Å²) in [6, 6.07) is 18.4. The van der Waals surface area contributed by atoms with Crippen LogP contribution in [0.1, 0.15) is 43.2 Å². The third-order valence-electron chi connectivity index (χ3n) is 4.72. The van der Waals surface area contributed by atoms with Gasteiger partial charge in [0.1, 0.15) is 5.75 Å². The Morgan fingerprint density at radius 1 is 1.12 bits per heavy atom. The molecule has 1 saturated heterocycles. The molecule has 1 aliphatic rings. The van der Waals surface area contributed by atoms with Crippen LogP contribution >= 0.6 is 0 Å². The highest BCUT2D eigenvalue weighted by molar-refractivity contribution is 5.78. The van der Waals surface area contributed by atoms with Crippen molar-refractivity contribution in [1.82, 2.24) is 4.90 Å². The molecule has 1 fully saturated rings. The summed E-state index contributed by atoms with van der Waals surface area (Å²) in [4.78, 5) is 14.3. The molecule has 0 aliphatic carbocycles. The molecule has 1 atom stereocenters. The fourth-order valence-corrected chi connectivity index (χ4v) is 3.17. The summed E-state index contributed by atoms with van der Waals surface area (Å²) in [5, 5.41) is 0. The monoisotopic (exact) mass is 323 g/mol. The molecule has 1 aliphatic heterocycles. The SMILES string of the molecule is CC(C)c1ccc(OCC(=O)N2CCC(c3ccccc3)C2)cc1. The lowest BCUT2D eigenvalue weighted by molar-refractivity contribution is -0.132. The van der Waals surface area contributed by atoms with Gasteiger partial charge in [0, 0.05) is 19.0 Å². The fourth-order valence-electron chi connectivity index (χ4n) is 3.17. The minimum atomic E-state index is 0.0707. The maximum Gasteiger partial charge on any atom is 0.260 e. The molecule has 2 aromatic carbocycles. The van der Waals surface area contributed by atoms with E-state index in [1.165, 1.54) is 11.1 Å². The molecule has 1 heterocycles. The summed E-state index contributed by atoms with van der Waals surface area (Å²) >= 11 is 0. The van der Waals surface area contributed by atoms with E-state index in [9.17, 15) is 4.79 Å². The van der Waals surface area contributed by atoms with Crippen molar-refractivity contribution in [3.8, 4) is 5.75 Å². The highest BCUT2D eigenvalue weighted by Gasteiger charge is 2.27. The number of likely N-dealkylation sites (tertiary alicyclic amines) is 1. The van der Waals surface area contributed by atoms with Gasteiger partial charge in [0.2, 0.25) is 0 Å². The van der Waals surface area contributed by atoms with E-state index in [1.54, 1.807) is 0 Å². The molecule has 0 spiro atoms. The van der Waals surface area contributed by atoms with E-state index < -0.39 is 0 Å². The van der Waals surface area contributed by atoms with Crippen LogP contribution in [0.25, 0.3) is 0 Å². The summed E-state index contributed by atoms with van der Waals surface area (Å²) in [5.74, 6) is 1.77. The van der Waals surface area contributed by atoms with Crippen LogP contribution in [0.15, 0.2) is 54.6 Å². The Morgan fingerprint density at radius 2 is 1.83 bits per heavy atom. The van der Waals surface area contributed by atoms with Crippen molar-refractivity contribution < 1.29 is 9.53 Å². The Hall–Kier alpha value is -2.29. The smallest absolute Gasteiger partial charge is 0.260 e. The Bertz CT molecular complexity index is 664. The summed E-state index contributed by atoms with van der Waals surface area (Å²) < 4.78 is 5.66. The quantitative estimate of drug-likeness (QED) is 0.825. The molecule has 0 radical (unpaired) electrons. The first kappa shape index (κ1) is 16.6. The number of nitrogens with zero attached hydrogens (tertiary/aromatic N) is 1. The first-order valence-electron chi connectivity index (χ1n) is 8.69. The predicted molar refractivity (Wildman–Crippen MR) is 96.4 cm³/mol. The molecule has 1 amide bonds. The Morgan fingerprint density at radius 3 is 2.50 bits per heavy atom. The summed E-state index contributed by atoms with van der Waals surface area (Å²) in [6.07, 6.45) is 1.03. The third kappa shape index (κ3) is 3.97. The highest BCUT2D eigenvalue weighted by Crippen LogP contribution is 2.27. The summed E-state index contributed by atoms with van der Waals surface area (Å²) in [5.41, 5.74) is 2.59. The van der Waals surface area contributed by atoms with Gasteiger partial charge < -0.3 is 9.64 Å². The van der Waals surface area contributed by atoms with Crippen LogP contribution < -0.4 is 4.74 Å². The van der Waals surface area contributed by atoms with Crippen LogP contribution in [0.5, 0.6) is 5.75 Å². The number of amides is 1. The van der Waals surface area contributed by atoms with Gasteiger partial charge in [-0.25, -0.2) is 0 Å². The predicted octanol–water partition coefficient (Wildman–Crippen LogP) is 4.20. The second kappa shape index (κ2) is 7.52. The molecule has 3 rings (SSSR count). The van der Waals surface area contributed by atoms with Crippen molar-refractivity contribution >= 4 is 5.91 Å². The average Bonchev–Trinajstić information content (AvgIpc) is 3.11. The number of carbonyl (C=O) groups excluding carboxylic acids is 1. The van der Waals surface area contributed by atoms with Crippen LogP contribution in [0.3, 0.4) is 0 Å². The molecule has 1 unspecified atom stereocenters. The molecule has 0 saturated carbocycles. The van der Waals surface area contributed by atoms with Gasteiger partial charge in [0.05, 0.1) is 0 Å². The van der Waals surface area contributed by atoms with Gasteiger partial charge in [-0.2, -0.15) is 0 Å². The Balaban J connectivity index is 1.51. The first-order chi connectivity index (χ1) is 11.6. The van der Waals surface area contributed by atoms with E-state index in [-0.39, 0.29) is 12.5 Å². The van der Waals surface area contributed by atoms with E-state index in [2.05, 4.69) is 50.2 Å². The van der Waals surface area contributed by atoms with Crippen molar-refractivity contribution in [2.75, 3.05) is 19.7 Å². The van der Waals surface area contributed by atoms with Gasteiger partial charge in [0.15, 0.2) is 6.61 Å². The van der Waals surface area contributed by atoms with Crippen LogP contribution in [0.4, 0.5) is 0 Å². The van der Waals surface area contributed by atoms with Gasteiger partial charge in [-0.05, 0) is 35.6 Å².